The molecule has 0 aromatic heterocycles. The van der Waals surface area contributed by atoms with Crippen molar-refractivity contribution in [2.24, 2.45) is 5.73 Å². The van der Waals surface area contributed by atoms with Gasteiger partial charge in [-0.05, 0) is 36.5 Å². The highest BCUT2D eigenvalue weighted by Gasteiger charge is 2.37. The van der Waals surface area contributed by atoms with E-state index in [4.69, 9.17) is 5.73 Å². The zero-order chi connectivity index (χ0) is 12.6. The topological polar surface area (TPSA) is 46.2 Å². The minimum absolute atomic E-state index is 0. The van der Waals surface area contributed by atoms with Crippen molar-refractivity contribution in [3.8, 4) is 0 Å². The monoisotopic (exact) mass is 281 g/mol. The summed E-state index contributed by atoms with van der Waals surface area (Å²) in [7, 11) is 0. The van der Waals surface area contributed by atoms with Crippen LogP contribution in [-0.2, 0) is 12.6 Å². The average molecular weight is 282 g/mol. The first-order valence-corrected chi connectivity index (χ1v) is 5.54. The second kappa shape index (κ2) is 5.47. The molecule has 102 valence electrons. The summed E-state index contributed by atoms with van der Waals surface area (Å²) in [6, 6.07) is 3.39. The molecule has 2 unspecified atom stereocenters. The first kappa shape index (κ1) is 15.3. The lowest BCUT2D eigenvalue weighted by Crippen LogP contribution is -2.29. The van der Waals surface area contributed by atoms with Crippen LogP contribution >= 0.6 is 12.4 Å². The van der Waals surface area contributed by atoms with Crippen molar-refractivity contribution in [1.29, 1.82) is 0 Å². The first-order chi connectivity index (χ1) is 7.91. The molecule has 6 heteroatoms. The van der Waals surface area contributed by atoms with Crippen LogP contribution in [0.5, 0.6) is 0 Å². The average Bonchev–Trinajstić information content (AvgIpc) is 2.39. The molecule has 1 aromatic carbocycles. The second-order valence-corrected chi connectivity index (χ2v) is 4.38. The Bertz CT molecular complexity index is 422. The molecule has 0 amide bonds. The van der Waals surface area contributed by atoms with Gasteiger partial charge in [-0.1, -0.05) is 12.1 Å². The van der Waals surface area contributed by atoms with Crippen LogP contribution in [0.3, 0.4) is 0 Å². The Balaban J connectivity index is 0.00000162. The molecular formula is C12H15ClF3NO. The van der Waals surface area contributed by atoms with Crippen LogP contribution in [0.1, 0.15) is 35.6 Å². The van der Waals surface area contributed by atoms with Crippen molar-refractivity contribution in [3.05, 3.63) is 34.9 Å². The fourth-order valence-electron chi connectivity index (χ4n) is 2.33. The Morgan fingerprint density at radius 2 is 1.94 bits per heavy atom. The number of halogens is 4. The zero-order valence-electron chi connectivity index (χ0n) is 9.57. The predicted molar refractivity (Wildman–Crippen MR) is 64.6 cm³/mol. The van der Waals surface area contributed by atoms with Crippen LogP contribution in [-0.4, -0.2) is 11.1 Å². The number of hydrogen-bond donors (Lipinski definition) is 2. The highest BCUT2D eigenvalue weighted by atomic mass is 35.5. The molecule has 2 rings (SSSR count). The van der Waals surface area contributed by atoms with Gasteiger partial charge in [-0.15, -0.1) is 12.4 Å². The van der Waals surface area contributed by atoms with E-state index in [0.717, 1.165) is 6.07 Å². The molecule has 1 aromatic rings. The molecule has 2 nitrogen and oxygen atoms in total. The maximum Gasteiger partial charge on any atom is 0.416 e. The Hall–Kier alpha value is -0.780. The molecule has 0 saturated heterocycles. The van der Waals surface area contributed by atoms with Gasteiger partial charge >= 0.3 is 6.18 Å². The summed E-state index contributed by atoms with van der Waals surface area (Å²) in [5, 5.41) is 9.93. The van der Waals surface area contributed by atoms with Crippen LogP contribution in [0.4, 0.5) is 13.2 Å². The summed E-state index contributed by atoms with van der Waals surface area (Å²) in [5.41, 5.74) is 5.44. The largest absolute Gasteiger partial charge is 0.416 e. The number of aryl methyl sites for hydroxylation is 1. The van der Waals surface area contributed by atoms with Crippen LogP contribution in [0.15, 0.2) is 18.2 Å². The molecule has 0 aliphatic heterocycles. The minimum atomic E-state index is -4.45. The van der Waals surface area contributed by atoms with Crippen molar-refractivity contribution < 1.29 is 18.3 Å². The van der Waals surface area contributed by atoms with Gasteiger partial charge in [-0.3, -0.25) is 0 Å². The van der Waals surface area contributed by atoms with Gasteiger partial charge < -0.3 is 10.8 Å². The molecule has 18 heavy (non-hydrogen) atoms. The van der Waals surface area contributed by atoms with Gasteiger partial charge in [-0.2, -0.15) is 13.2 Å². The Labute approximate surface area is 109 Å². The summed E-state index contributed by atoms with van der Waals surface area (Å²) in [4.78, 5) is 0. The molecule has 0 bridgehead atoms. The quantitative estimate of drug-likeness (QED) is 0.718. The number of fused-ring (bicyclic) bond motifs is 1. The lowest BCUT2D eigenvalue weighted by Gasteiger charge is -2.22. The molecule has 0 spiro atoms. The van der Waals surface area contributed by atoms with Gasteiger partial charge in [0.2, 0.25) is 0 Å². The van der Waals surface area contributed by atoms with E-state index in [1.165, 1.54) is 6.07 Å². The summed E-state index contributed by atoms with van der Waals surface area (Å²) in [5.74, 6) is 0. The molecule has 0 heterocycles. The minimum Gasteiger partial charge on any atom is -0.387 e. The summed E-state index contributed by atoms with van der Waals surface area (Å²) < 4.78 is 38.6. The summed E-state index contributed by atoms with van der Waals surface area (Å²) in [6.45, 7) is 0. The maximum absolute atomic E-state index is 12.9. The Morgan fingerprint density at radius 1 is 1.28 bits per heavy atom. The van der Waals surface area contributed by atoms with Crippen molar-refractivity contribution in [1.82, 2.24) is 0 Å². The second-order valence-electron chi connectivity index (χ2n) is 4.38. The number of nitrogens with two attached hydrogens (primary N) is 1. The molecule has 3 N–H and O–H groups in total. The van der Waals surface area contributed by atoms with Gasteiger partial charge in [0.05, 0.1) is 11.7 Å². The van der Waals surface area contributed by atoms with Crippen LogP contribution < -0.4 is 5.73 Å². The number of hydrogen-bond acceptors (Lipinski definition) is 2. The zero-order valence-corrected chi connectivity index (χ0v) is 10.4. The van der Waals surface area contributed by atoms with Gasteiger partial charge in [0, 0.05) is 6.04 Å². The third-order valence-corrected chi connectivity index (χ3v) is 3.19. The molecule has 2 atom stereocenters. The van der Waals surface area contributed by atoms with Gasteiger partial charge in [0.25, 0.3) is 0 Å². The van der Waals surface area contributed by atoms with Gasteiger partial charge in [0.1, 0.15) is 0 Å². The molecule has 0 saturated carbocycles. The first-order valence-electron chi connectivity index (χ1n) is 5.54. The standard InChI is InChI=1S/C12H14F3NO.ClH/c13-12(14,15)8-5-1-3-7-4-2-6-9(16)11(17)10(7)8;/h1,3,5,9,11,17H,2,4,6,16H2;1H. The van der Waals surface area contributed by atoms with E-state index < -0.39 is 23.9 Å². The highest BCUT2D eigenvalue weighted by molar-refractivity contribution is 5.85. The lowest BCUT2D eigenvalue weighted by atomic mass is 9.93. The molecule has 1 aliphatic carbocycles. The summed E-state index contributed by atoms with van der Waals surface area (Å²) in [6.07, 6.45) is -3.91. The third kappa shape index (κ3) is 2.79. The van der Waals surface area contributed by atoms with Crippen LogP contribution in [0, 0.1) is 0 Å². The van der Waals surface area contributed by atoms with E-state index >= 15 is 0 Å². The van der Waals surface area contributed by atoms with E-state index in [9.17, 15) is 18.3 Å². The maximum atomic E-state index is 12.9. The molecule has 0 radical (unpaired) electrons. The fraction of sp³-hybridized carbons (Fsp3) is 0.500. The smallest absolute Gasteiger partial charge is 0.387 e. The Kier molecular flexibility index (Phi) is 4.64. The number of alkyl halides is 3. The van der Waals surface area contributed by atoms with Crippen LogP contribution in [0.2, 0.25) is 0 Å². The van der Waals surface area contributed by atoms with E-state index in [0.29, 0.717) is 24.8 Å². The van der Waals surface area contributed by atoms with Crippen molar-refractivity contribution >= 4 is 12.4 Å². The number of aliphatic hydroxyl groups excluding tert-OH is 1. The fourth-order valence-corrected chi connectivity index (χ4v) is 2.33. The van der Waals surface area contributed by atoms with E-state index in [1.807, 2.05) is 0 Å². The van der Waals surface area contributed by atoms with E-state index in [2.05, 4.69) is 0 Å². The SMILES string of the molecule is Cl.NC1CCCc2cccc(C(F)(F)F)c2C1O. The normalized spacial score (nSPS) is 23.8. The van der Waals surface area contributed by atoms with Crippen molar-refractivity contribution in [2.45, 2.75) is 37.6 Å². The van der Waals surface area contributed by atoms with E-state index in [-0.39, 0.29) is 18.0 Å². The molecule has 1 aliphatic rings. The van der Waals surface area contributed by atoms with Gasteiger partial charge in [0.15, 0.2) is 0 Å². The summed E-state index contributed by atoms with van der Waals surface area (Å²) >= 11 is 0. The molecular weight excluding hydrogens is 267 g/mol. The van der Waals surface area contributed by atoms with Crippen molar-refractivity contribution in [3.63, 3.8) is 0 Å². The van der Waals surface area contributed by atoms with E-state index in [1.54, 1.807) is 6.07 Å². The number of benzene rings is 1. The predicted octanol–water partition coefficient (Wildman–Crippen LogP) is 2.82. The van der Waals surface area contributed by atoms with Crippen LogP contribution in [0.25, 0.3) is 0 Å². The Morgan fingerprint density at radius 3 is 2.56 bits per heavy atom. The number of rotatable bonds is 0. The third-order valence-electron chi connectivity index (χ3n) is 3.19. The van der Waals surface area contributed by atoms with Gasteiger partial charge in [-0.25, -0.2) is 0 Å². The lowest BCUT2D eigenvalue weighted by molar-refractivity contribution is -0.139. The van der Waals surface area contributed by atoms with Crippen molar-refractivity contribution in [2.75, 3.05) is 0 Å². The molecule has 0 fully saturated rings. The number of aliphatic hydroxyl groups is 1. The highest BCUT2D eigenvalue weighted by Crippen LogP contribution is 2.39.